The highest BCUT2D eigenvalue weighted by molar-refractivity contribution is 8.00. The number of hydrogen-bond donors (Lipinski definition) is 8. The van der Waals surface area contributed by atoms with Crippen LogP contribution in [0.25, 0.3) is 0 Å². The summed E-state index contributed by atoms with van der Waals surface area (Å²) in [5, 5.41) is 37.0. The second-order valence-electron chi connectivity index (χ2n) is 15.5. The summed E-state index contributed by atoms with van der Waals surface area (Å²) in [6, 6.07) is 13.3. The Labute approximate surface area is 385 Å². The van der Waals surface area contributed by atoms with E-state index in [1.54, 1.807) is 11.8 Å². The van der Waals surface area contributed by atoms with Crippen LogP contribution in [0.15, 0.2) is 72.8 Å². The molecule has 6 amide bonds. The number of halogens is 2. The molecule has 64 heavy (non-hydrogen) atoms. The van der Waals surface area contributed by atoms with Gasteiger partial charge in [-0.2, -0.15) is 11.8 Å². The van der Waals surface area contributed by atoms with Gasteiger partial charge < -0.3 is 51.2 Å². The van der Waals surface area contributed by atoms with Gasteiger partial charge in [-0.3, -0.25) is 24.0 Å². The molecule has 2 aliphatic heterocycles. The number of rotatable bonds is 24. The van der Waals surface area contributed by atoms with Crippen molar-refractivity contribution in [2.24, 2.45) is 0 Å². The number of thioether (sulfide) groups is 1. The molecule has 1 unspecified atom stereocenters. The molecular weight excluding hydrogens is 910 g/mol. The number of amides is 6. The maximum atomic E-state index is 14.4. The molecule has 7 atom stereocenters. The number of phenolic OH excluding ortho intramolecular Hbond substituents is 1. The molecule has 8 N–H and O–H groups in total. The van der Waals surface area contributed by atoms with Crippen molar-refractivity contribution in [1.29, 1.82) is 0 Å². The zero-order valence-electron chi connectivity index (χ0n) is 35.2. The van der Waals surface area contributed by atoms with Crippen molar-refractivity contribution < 1.29 is 52.6 Å². The number of fused-ring (bicyclic) bond motifs is 1. The number of aromatic hydroxyl groups is 1. The van der Waals surface area contributed by atoms with Gasteiger partial charge in [0.25, 0.3) is 0 Å². The Morgan fingerprint density at radius 3 is 1.97 bits per heavy atom. The van der Waals surface area contributed by atoms with E-state index in [2.05, 4.69) is 31.9 Å². The number of nitrogens with one attached hydrogen (secondary N) is 6. The van der Waals surface area contributed by atoms with Crippen LogP contribution in [0.1, 0.15) is 70.8 Å². The number of unbranched alkanes of at least 4 members (excludes halogenated alkanes) is 2. The SMILES string of the molecule is CCCC[C@H](NC(=O)CCCC[C@@H]1SC[C@@H]2NC(=O)N[C@@H]21)C(=O)N[C@@H](Cc1ccc(O)cc1)C(=O)N[C@@H](CC(=O)O)C(=O)NC(C)P(=O)(Oc1ccc(Cl)cc1)Oc1ccc(Cl)cc1. The summed E-state index contributed by atoms with van der Waals surface area (Å²) in [5.74, 6) is -4.97. The van der Waals surface area contributed by atoms with Crippen LogP contribution in [0.3, 0.4) is 0 Å². The van der Waals surface area contributed by atoms with Gasteiger partial charge in [-0.1, -0.05) is 61.5 Å². The quantitative estimate of drug-likeness (QED) is 0.0297. The Hall–Kier alpha value is -5.16. The Bertz CT molecular complexity index is 2100. The lowest BCUT2D eigenvalue weighted by Gasteiger charge is -2.28. The van der Waals surface area contributed by atoms with Gasteiger partial charge in [0.15, 0.2) is 5.78 Å². The molecular formula is C43H53Cl2N6O11PS. The first kappa shape index (κ1) is 49.8. The Balaban J connectivity index is 1.28. The van der Waals surface area contributed by atoms with Crippen LogP contribution in [-0.4, -0.2) is 92.8 Å². The minimum Gasteiger partial charge on any atom is -0.508 e. The highest BCUT2D eigenvalue weighted by Crippen LogP contribution is 2.52. The summed E-state index contributed by atoms with van der Waals surface area (Å²) >= 11 is 13.8. The van der Waals surface area contributed by atoms with Crippen LogP contribution in [0.5, 0.6) is 17.2 Å². The van der Waals surface area contributed by atoms with Gasteiger partial charge in [-0.15, -0.1) is 0 Å². The molecule has 0 bridgehead atoms. The van der Waals surface area contributed by atoms with Crippen molar-refractivity contribution in [2.45, 2.75) is 113 Å². The lowest BCUT2D eigenvalue weighted by molar-refractivity contribution is -0.141. The summed E-state index contributed by atoms with van der Waals surface area (Å²) in [6.45, 7) is 3.24. The third kappa shape index (κ3) is 15.0. The topological polar surface area (TPSA) is 251 Å². The van der Waals surface area contributed by atoms with E-state index in [9.17, 15) is 43.5 Å². The number of aliphatic carboxylic acids is 1. The number of carboxylic acids is 1. The smallest absolute Gasteiger partial charge is 0.452 e. The third-order valence-electron chi connectivity index (χ3n) is 10.5. The molecule has 5 rings (SSSR count). The number of carboxylic acid groups (broad SMARTS) is 1. The maximum Gasteiger partial charge on any atom is 0.452 e. The normalized spacial score (nSPS) is 18.5. The molecule has 2 fully saturated rings. The standard InChI is InChI=1S/C43H53Cl2N6O11PS/c1-3-4-7-32(47-37(53)9-6-5-8-36-39-35(24-64-36)50-43(59)51-39)40(56)48-33(22-26-10-16-29(52)17-11-26)42(58)49-34(23-38(54)55)41(57)46-25(2)63(60,61-30-18-12-27(44)13-19-30)62-31-20-14-28(45)15-21-31/h10-21,25,32-36,39,52H,3-9,22-24H2,1-2H3,(H,46,57)(H,47,53)(H,48,56)(H,49,58)(H,54,55)(H2,50,51,59)/t25?,32-,33-,34-,35-,36-,39-/m0/s1. The molecule has 0 radical (unpaired) electrons. The monoisotopic (exact) mass is 962 g/mol. The van der Waals surface area contributed by atoms with E-state index in [1.807, 2.05) is 6.92 Å². The zero-order valence-corrected chi connectivity index (χ0v) is 38.4. The Morgan fingerprint density at radius 1 is 0.797 bits per heavy atom. The average molecular weight is 964 g/mol. The number of carbonyl (C=O) groups excluding carboxylic acids is 5. The fraction of sp³-hybridized carbons (Fsp3) is 0.442. The van der Waals surface area contributed by atoms with Gasteiger partial charge in [-0.05, 0) is 92.4 Å². The summed E-state index contributed by atoms with van der Waals surface area (Å²) in [7, 11) is -4.39. The molecule has 2 aliphatic rings. The van der Waals surface area contributed by atoms with E-state index in [0.29, 0.717) is 34.9 Å². The minimum absolute atomic E-state index is 0.0469. The lowest BCUT2D eigenvalue weighted by atomic mass is 10.0. The average Bonchev–Trinajstić information content (AvgIpc) is 3.81. The van der Waals surface area contributed by atoms with E-state index in [0.717, 1.165) is 18.6 Å². The van der Waals surface area contributed by atoms with Crippen LogP contribution >= 0.6 is 42.6 Å². The Morgan fingerprint density at radius 2 is 1.38 bits per heavy atom. The molecule has 3 aromatic rings. The van der Waals surface area contributed by atoms with Gasteiger partial charge in [0.2, 0.25) is 23.6 Å². The molecule has 17 nitrogen and oxygen atoms in total. The molecule has 2 heterocycles. The van der Waals surface area contributed by atoms with E-state index < -0.39 is 61.6 Å². The number of phenols is 1. The second-order valence-corrected chi connectivity index (χ2v) is 19.9. The fourth-order valence-electron chi connectivity index (χ4n) is 7.07. The first-order valence-corrected chi connectivity index (χ1v) is 24.3. The molecule has 21 heteroatoms. The summed E-state index contributed by atoms with van der Waals surface area (Å²) in [6.07, 6.45) is 2.71. The molecule has 0 aromatic heterocycles. The summed E-state index contributed by atoms with van der Waals surface area (Å²) in [5.41, 5.74) is 0.500. The lowest BCUT2D eigenvalue weighted by Crippen LogP contribution is -2.58. The van der Waals surface area contributed by atoms with Crippen LogP contribution in [0.2, 0.25) is 10.0 Å². The van der Waals surface area contributed by atoms with Crippen molar-refractivity contribution in [3.63, 3.8) is 0 Å². The van der Waals surface area contributed by atoms with Crippen molar-refractivity contribution >= 4 is 78.2 Å². The number of urea groups is 1. The molecule has 346 valence electrons. The van der Waals surface area contributed by atoms with Gasteiger partial charge >= 0.3 is 19.6 Å². The van der Waals surface area contributed by atoms with Crippen molar-refractivity contribution in [3.05, 3.63) is 88.4 Å². The number of benzene rings is 3. The first-order chi connectivity index (χ1) is 30.5. The second kappa shape index (κ2) is 23.7. The van der Waals surface area contributed by atoms with Crippen LogP contribution in [-0.2, 0) is 35.0 Å². The maximum absolute atomic E-state index is 14.4. The Kier molecular flexibility index (Phi) is 18.4. The molecule has 2 saturated heterocycles. The minimum atomic E-state index is -4.39. The number of carbonyl (C=O) groups is 6. The highest BCUT2D eigenvalue weighted by Gasteiger charge is 2.43. The van der Waals surface area contributed by atoms with Gasteiger partial charge in [-0.25, -0.2) is 9.36 Å². The van der Waals surface area contributed by atoms with Crippen molar-refractivity contribution in [1.82, 2.24) is 31.9 Å². The molecule has 0 saturated carbocycles. The molecule has 0 spiro atoms. The molecule has 0 aliphatic carbocycles. The van der Waals surface area contributed by atoms with Gasteiger partial charge in [0.05, 0.1) is 18.5 Å². The van der Waals surface area contributed by atoms with Gasteiger partial charge in [0, 0.05) is 33.9 Å². The van der Waals surface area contributed by atoms with Crippen LogP contribution < -0.4 is 40.9 Å². The zero-order chi connectivity index (χ0) is 46.4. The van der Waals surface area contributed by atoms with E-state index in [-0.39, 0.29) is 65.8 Å². The predicted octanol–water partition coefficient (Wildman–Crippen LogP) is 5.90. The molecule has 3 aromatic carbocycles. The number of hydrogen-bond acceptors (Lipinski definition) is 11. The van der Waals surface area contributed by atoms with Gasteiger partial charge in [0.1, 0.15) is 35.4 Å². The summed E-state index contributed by atoms with van der Waals surface area (Å²) < 4.78 is 26.0. The van der Waals surface area contributed by atoms with E-state index in [4.69, 9.17) is 32.2 Å². The highest BCUT2D eigenvalue weighted by atomic mass is 35.5. The summed E-state index contributed by atoms with van der Waals surface area (Å²) in [4.78, 5) is 78.9. The first-order valence-electron chi connectivity index (χ1n) is 20.9. The van der Waals surface area contributed by atoms with Crippen molar-refractivity contribution in [3.8, 4) is 17.2 Å². The largest absolute Gasteiger partial charge is 0.508 e. The van der Waals surface area contributed by atoms with E-state index >= 15 is 0 Å². The fourth-order valence-corrected chi connectivity index (χ4v) is 10.3. The van der Waals surface area contributed by atoms with E-state index in [1.165, 1.54) is 79.7 Å². The third-order valence-corrected chi connectivity index (χ3v) is 14.5. The van der Waals surface area contributed by atoms with Crippen LogP contribution in [0.4, 0.5) is 4.79 Å². The van der Waals surface area contributed by atoms with Crippen molar-refractivity contribution in [2.75, 3.05) is 5.75 Å². The van der Waals surface area contributed by atoms with Crippen LogP contribution in [0, 0.1) is 0 Å². The predicted molar refractivity (Wildman–Crippen MR) is 243 cm³/mol.